The number of hydrogen-bond acceptors (Lipinski definition) is 6. The molecular weight excluding hydrogens is 484 g/mol. The highest BCUT2D eigenvalue weighted by atomic mass is 35.5. The largest absolute Gasteiger partial charge is 0.457 e. The quantitative estimate of drug-likeness (QED) is 0.347. The van der Waals surface area contributed by atoms with Crippen molar-refractivity contribution >= 4 is 69.1 Å². The van der Waals surface area contributed by atoms with Gasteiger partial charge in [-0.3, -0.25) is 15.0 Å². The van der Waals surface area contributed by atoms with Crippen LogP contribution in [0.1, 0.15) is 39.4 Å². The Morgan fingerprint density at radius 2 is 2.00 bits per heavy atom. The average molecular weight is 501 g/mol. The summed E-state index contributed by atoms with van der Waals surface area (Å²) in [6, 6.07) is 10.9. The number of carbonyl (C=O) groups is 2. The number of hydrogen-bond donors (Lipinski definition) is 1. The molecule has 0 radical (unpaired) electrons. The maximum absolute atomic E-state index is 12.9. The highest BCUT2D eigenvalue weighted by molar-refractivity contribution is 8.26. The summed E-state index contributed by atoms with van der Waals surface area (Å²) in [5.41, 5.74) is 5.19. The molecule has 1 fully saturated rings. The van der Waals surface area contributed by atoms with E-state index in [4.69, 9.17) is 28.2 Å². The van der Waals surface area contributed by atoms with Crippen molar-refractivity contribution < 1.29 is 14.0 Å². The normalized spacial score (nSPS) is 17.2. The van der Waals surface area contributed by atoms with Gasteiger partial charge in [-0.25, -0.2) is 0 Å². The number of benzene rings is 1. The van der Waals surface area contributed by atoms with E-state index in [0.29, 0.717) is 27.0 Å². The summed E-state index contributed by atoms with van der Waals surface area (Å²) in [7, 11) is 0. The maximum atomic E-state index is 12.9. The molecule has 162 valence electrons. The van der Waals surface area contributed by atoms with Crippen molar-refractivity contribution in [3.8, 4) is 11.3 Å². The molecule has 1 saturated heterocycles. The number of rotatable bonds is 4. The summed E-state index contributed by atoms with van der Waals surface area (Å²) in [6.07, 6.45) is 5.76. The molecule has 2 amide bonds. The van der Waals surface area contributed by atoms with Gasteiger partial charge in [0.05, 0.1) is 15.5 Å². The minimum absolute atomic E-state index is 0.275. The standard InChI is InChI=1S/C23H17ClN2O3S3/c24-17-7-3-1-6-15(17)18-10-9-13(29-18)11-20-22(28)26(23(30)32-20)25-21(27)16-12-31-19-8-4-2-5-14(16)19/h1,3,6-7,9-12H,2,4-5,8H2,(H,25,27). The van der Waals surface area contributed by atoms with E-state index in [1.165, 1.54) is 4.88 Å². The SMILES string of the molecule is O=C(NN1C(=O)C(=Cc2ccc(-c3ccccc3Cl)o2)SC1=S)c1csc2c1CCCC2. The molecule has 32 heavy (non-hydrogen) atoms. The van der Waals surface area contributed by atoms with Crippen molar-refractivity contribution in [2.24, 2.45) is 0 Å². The van der Waals surface area contributed by atoms with E-state index < -0.39 is 0 Å². The minimum atomic E-state index is -0.381. The van der Waals surface area contributed by atoms with E-state index in [2.05, 4.69) is 5.43 Å². The van der Waals surface area contributed by atoms with E-state index in [1.807, 2.05) is 23.6 Å². The van der Waals surface area contributed by atoms with Crippen molar-refractivity contribution in [3.05, 3.63) is 73.5 Å². The molecule has 3 heterocycles. The zero-order valence-electron chi connectivity index (χ0n) is 16.7. The molecule has 2 aliphatic rings. The number of amides is 2. The van der Waals surface area contributed by atoms with Gasteiger partial charge < -0.3 is 4.42 Å². The highest BCUT2D eigenvalue weighted by Gasteiger charge is 2.35. The molecule has 0 saturated carbocycles. The predicted molar refractivity (Wildman–Crippen MR) is 133 cm³/mol. The molecule has 1 N–H and O–H groups in total. The van der Waals surface area contributed by atoms with Crippen molar-refractivity contribution in [2.75, 3.05) is 0 Å². The molecule has 3 aromatic rings. The number of thiocarbonyl (C=S) groups is 1. The molecule has 0 bridgehead atoms. The third kappa shape index (κ3) is 4.03. The number of thioether (sulfide) groups is 1. The van der Waals surface area contributed by atoms with Crippen molar-refractivity contribution in [2.45, 2.75) is 25.7 Å². The average Bonchev–Trinajstić information content (AvgIpc) is 3.49. The Morgan fingerprint density at radius 1 is 1.19 bits per heavy atom. The van der Waals surface area contributed by atoms with Gasteiger partial charge in [-0.1, -0.05) is 35.5 Å². The zero-order chi connectivity index (χ0) is 22.2. The second-order valence-electron chi connectivity index (χ2n) is 7.40. The van der Waals surface area contributed by atoms with E-state index in [0.717, 1.165) is 53.6 Å². The number of hydrazine groups is 1. The predicted octanol–water partition coefficient (Wildman–Crippen LogP) is 6.09. The van der Waals surface area contributed by atoms with Crippen molar-refractivity contribution in [1.82, 2.24) is 10.4 Å². The summed E-state index contributed by atoms with van der Waals surface area (Å²) in [6.45, 7) is 0. The smallest absolute Gasteiger partial charge is 0.285 e. The number of nitrogens with zero attached hydrogens (tertiary/aromatic N) is 1. The first-order valence-electron chi connectivity index (χ1n) is 10.0. The van der Waals surface area contributed by atoms with Gasteiger partial charge in [0.2, 0.25) is 0 Å². The Hall–Kier alpha value is -2.39. The fourth-order valence-electron chi connectivity index (χ4n) is 3.78. The lowest BCUT2D eigenvalue weighted by Crippen LogP contribution is -2.45. The Kier molecular flexibility index (Phi) is 5.94. The zero-order valence-corrected chi connectivity index (χ0v) is 19.9. The highest BCUT2D eigenvalue weighted by Crippen LogP contribution is 2.35. The van der Waals surface area contributed by atoms with E-state index in [1.54, 1.807) is 35.6 Å². The van der Waals surface area contributed by atoms with E-state index in [9.17, 15) is 9.59 Å². The van der Waals surface area contributed by atoms with Crippen LogP contribution in [0.15, 0.2) is 51.1 Å². The maximum Gasteiger partial charge on any atom is 0.285 e. The second-order valence-corrected chi connectivity index (χ2v) is 10.4. The summed E-state index contributed by atoms with van der Waals surface area (Å²) < 4.78 is 6.13. The van der Waals surface area contributed by atoms with Gasteiger partial charge in [-0.15, -0.1) is 11.3 Å². The Labute approximate surface area is 203 Å². The number of aryl methyl sites for hydroxylation is 1. The molecule has 1 aliphatic heterocycles. The van der Waals surface area contributed by atoms with Gasteiger partial charge in [-0.2, -0.15) is 5.01 Å². The number of furan rings is 1. The molecule has 5 rings (SSSR count). The van der Waals surface area contributed by atoms with Crippen LogP contribution < -0.4 is 5.43 Å². The molecule has 1 aliphatic carbocycles. The van der Waals surface area contributed by atoms with Crippen molar-refractivity contribution in [3.63, 3.8) is 0 Å². The van der Waals surface area contributed by atoms with Crippen molar-refractivity contribution in [1.29, 1.82) is 0 Å². The molecular formula is C23H17ClN2O3S3. The lowest BCUT2D eigenvalue weighted by molar-refractivity contribution is -0.123. The Balaban J connectivity index is 1.33. The van der Waals surface area contributed by atoms with Gasteiger partial charge >= 0.3 is 0 Å². The molecule has 2 aromatic heterocycles. The first kappa shape index (κ1) is 21.5. The lowest BCUT2D eigenvalue weighted by atomic mass is 9.96. The minimum Gasteiger partial charge on any atom is -0.457 e. The number of fused-ring (bicyclic) bond motifs is 1. The molecule has 0 atom stereocenters. The van der Waals surface area contributed by atoms with Crippen LogP contribution in [0, 0.1) is 0 Å². The first-order chi connectivity index (χ1) is 15.5. The first-order valence-corrected chi connectivity index (χ1v) is 12.5. The summed E-state index contributed by atoms with van der Waals surface area (Å²) in [4.78, 5) is 27.4. The van der Waals surface area contributed by atoms with Crippen LogP contribution in [-0.2, 0) is 17.6 Å². The molecule has 9 heteroatoms. The molecule has 5 nitrogen and oxygen atoms in total. The molecule has 0 unspecified atom stereocenters. The van der Waals surface area contributed by atoms with Gasteiger partial charge in [0.15, 0.2) is 4.32 Å². The van der Waals surface area contributed by atoms with Crippen LogP contribution in [0.25, 0.3) is 17.4 Å². The Bertz CT molecular complexity index is 1280. The van der Waals surface area contributed by atoms with Crippen LogP contribution >= 0.6 is 46.9 Å². The van der Waals surface area contributed by atoms with Crippen LogP contribution in [0.5, 0.6) is 0 Å². The fraction of sp³-hybridized carbons (Fsp3) is 0.174. The molecule has 1 aromatic carbocycles. The van der Waals surface area contributed by atoms with Crippen LogP contribution in [0.3, 0.4) is 0 Å². The summed E-state index contributed by atoms with van der Waals surface area (Å²) >= 11 is 14.3. The third-order valence-electron chi connectivity index (χ3n) is 5.35. The van der Waals surface area contributed by atoms with E-state index in [-0.39, 0.29) is 16.1 Å². The topological polar surface area (TPSA) is 62.6 Å². The number of carbonyl (C=O) groups excluding carboxylic acids is 2. The van der Waals surface area contributed by atoms with Crippen LogP contribution in [-0.4, -0.2) is 21.1 Å². The summed E-state index contributed by atoms with van der Waals surface area (Å²) in [5, 5.41) is 3.59. The van der Waals surface area contributed by atoms with Gasteiger partial charge in [0.25, 0.3) is 11.8 Å². The van der Waals surface area contributed by atoms with Crippen LogP contribution in [0.2, 0.25) is 5.02 Å². The lowest BCUT2D eigenvalue weighted by Gasteiger charge is -2.17. The number of halogens is 1. The summed E-state index contributed by atoms with van der Waals surface area (Å²) in [5.74, 6) is 0.417. The molecule has 0 spiro atoms. The van der Waals surface area contributed by atoms with Gasteiger partial charge in [-0.05, 0) is 67.7 Å². The van der Waals surface area contributed by atoms with Crippen LogP contribution in [0.4, 0.5) is 0 Å². The second kappa shape index (κ2) is 8.86. The Morgan fingerprint density at radius 3 is 2.84 bits per heavy atom. The number of thiophene rings is 1. The van der Waals surface area contributed by atoms with Gasteiger partial charge in [0.1, 0.15) is 11.5 Å². The van der Waals surface area contributed by atoms with Gasteiger partial charge in [0, 0.05) is 21.9 Å². The van der Waals surface area contributed by atoms with E-state index >= 15 is 0 Å². The number of nitrogens with one attached hydrogen (secondary N) is 1. The monoisotopic (exact) mass is 500 g/mol. The third-order valence-corrected chi connectivity index (χ3v) is 8.07. The fourth-order valence-corrected chi connectivity index (χ4v) is 6.29.